The molecule has 0 radical (unpaired) electrons. The van der Waals surface area contributed by atoms with Crippen molar-refractivity contribution in [1.82, 2.24) is 19.4 Å². The van der Waals surface area contributed by atoms with E-state index in [4.69, 9.17) is 0 Å². The van der Waals surface area contributed by atoms with E-state index in [-0.39, 0.29) is 11.8 Å². The predicted molar refractivity (Wildman–Crippen MR) is 107 cm³/mol. The number of hydrogen-bond donors (Lipinski definition) is 1. The molecule has 0 bridgehead atoms. The third kappa shape index (κ3) is 3.27. The number of hydrogen-bond acceptors (Lipinski definition) is 4. The van der Waals surface area contributed by atoms with Crippen molar-refractivity contribution in [2.75, 3.05) is 26.2 Å². The number of aromatic nitrogens is 2. The fourth-order valence-corrected chi connectivity index (χ4v) is 3.78. The summed E-state index contributed by atoms with van der Waals surface area (Å²) in [7, 11) is 0. The first-order valence-electron chi connectivity index (χ1n) is 9.89. The fraction of sp³-hybridized carbons (Fsp3) is 0.318. The average molecular weight is 390 g/mol. The zero-order valence-corrected chi connectivity index (χ0v) is 16.0. The van der Waals surface area contributed by atoms with Crippen molar-refractivity contribution in [2.24, 2.45) is 0 Å². The van der Waals surface area contributed by atoms with Gasteiger partial charge in [0.1, 0.15) is 5.60 Å². The summed E-state index contributed by atoms with van der Waals surface area (Å²) in [6.45, 7) is 1.89. The van der Waals surface area contributed by atoms with E-state index in [1.54, 1.807) is 9.80 Å². The molecule has 148 valence electrons. The van der Waals surface area contributed by atoms with Crippen molar-refractivity contribution < 1.29 is 14.7 Å². The van der Waals surface area contributed by atoms with Crippen LogP contribution in [0.1, 0.15) is 23.2 Å². The lowest BCUT2D eigenvalue weighted by molar-refractivity contribution is -0.143. The highest BCUT2D eigenvalue weighted by Crippen LogP contribution is 2.37. The highest BCUT2D eigenvalue weighted by molar-refractivity contribution is 5.95. The van der Waals surface area contributed by atoms with E-state index in [9.17, 15) is 14.7 Å². The van der Waals surface area contributed by atoms with Crippen LogP contribution in [0.15, 0.2) is 54.7 Å². The molecule has 1 aromatic carbocycles. The van der Waals surface area contributed by atoms with Gasteiger partial charge in [-0.2, -0.15) is 5.10 Å². The number of nitrogens with zero attached hydrogens (tertiary/aromatic N) is 4. The Balaban J connectivity index is 1.25. The number of fused-ring (bicyclic) bond motifs is 1. The summed E-state index contributed by atoms with van der Waals surface area (Å²) in [4.78, 5) is 28.5. The Labute approximate surface area is 168 Å². The Morgan fingerprint density at radius 2 is 1.62 bits per heavy atom. The Hall–Kier alpha value is -3.19. The highest BCUT2D eigenvalue weighted by Gasteiger charge is 2.50. The van der Waals surface area contributed by atoms with Gasteiger partial charge in [-0.05, 0) is 43.2 Å². The summed E-state index contributed by atoms with van der Waals surface area (Å²) in [6.07, 6.45) is 3.00. The van der Waals surface area contributed by atoms with Crippen LogP contribution in [-0.2, 0) is 4.79 Å². The van der Waals surface area contributed by atoms with E-state index < -0.39 is 5.60 Å². The molecule has 1 aliphatic heterocycles. The fourth-order valence-electron chi connectivity index (χ4n) is 3.78. The maximum absolute atomic E-state index is 12.8. The minimum atomic E-state index is -1.14. The number of benzene rings is 1. The quantitative estimate of drug-likeness (QED) is 0.740. The van der Waals surface area contributed by atoms with Gasteiger partial charge in [-0.3, -0.25) is 9.59 Å². The molecule has 3 aromatic rings. The van der Waals surface area contributed by atoms with Crippen molar-refractivity contribution in [3.63, 3.8) is 0 Å². The molecule has 1 saturated heterocycles. The van der Waals surface area contributed by atoms with Gasteiger partial charge in [0.15, 0.2) is 0 Å². The van der Waals surface area contributed by atoms with Crippen LogP contribution >= 0.6 is 0 Å². The van der Waals surface area contributed by atoms with Crippen LogP contribution in [0.2, 0.25) is 0 Å². The van der Waals surface area contributed by atoms with Crippen LogP contribution in [-0.4, -0.2) is 68.1 Å². The van der Waals surface area contributed by atoms with E-state index >= 15 is 0 Å². The van der Waals surface area contributed by atoms with Crippen molar-refractivity contribution in [1.29, 1.82) is 0 Å². The van der Waals surface area contributed by atoms with Gasteiger partial charge in [0.05, 0.1) is 11.2 Å². The van der Waals surface area contributed by atoms with Gasteiger partial charge in [0, 0.05) is 43.5 Å². The second-order valence-electron chi connectivity index (χ2n) is 7.79. The number of pyridine rings is 1. The first-order chi connectivity index (χ1) is 14.0. The monoisotopic (exact) mass is 390 g/mol. The molecule has 2 amide bonds. The average Bonchev–Trinajstić information content (AvgIpc) is 3.37. The van der Waals surface area contributed by atoms with Crippen molar-refractivity contribution >= 4 is 17.3 Å². The second kappa shape index (κ2) is 6.70. The highest BCUT2D eigenvalue weighted by atomic mass is 16.3. The number of rotatable bonds is 3. The first kappa shape index (κ1) is 17.9. The van der Waals surface area contributed by atoms with Gasteiger partial charge in [0.25, 0.3) is 11.8 Å². The minimum Gasteiger partial charge on any atom is -0.380 e. The molecule has 3 heterocycles. The molecule has 1 aliphatic carbocycles. The predicted octanol–water partition coefficient (Wildman–Crippen LogP) is 1.81. The smallest absolute Gasteiger partial charge is 0.254 e. The maximum atomic E-state index is 12.8. The van der Waals surface area contributed by atoms with Crippen molar-refractivity contribution in [3.8, 4) is 11.3 Å². The lowest BCUT2D eigenvalue weighted by atomic mass is 10.1. The third-order valence-corrected chi connectivity index (χ3v) is 5.77. The minimum absolute atomic E-state index is 0.0382. The largest absolute Gasteiger partial charge is 0.380 e. The maximum Gasteiger partial charge on any atom is 0.254 e. The van der Waals surface area contributed by atoms with Crippen LogP contribution < -0.4 is 0 Å². The van der Waals surface area contributed by atoms with E-state index in [1.807, 2.05) is 59.2 Å². The molecule has 0 atom stereocenters. The topological polar surface area (TPSA) is 78.2 Å². The molecule has 0 spiro atoms. The summed E-state index contributed by atoms with van der Waals surface area (Å²) >= 11 is 0. The molecule has 1 N–H and O–H groups in total. The SMILES string of the molecule is O=C(c1ccc(-c2cc3ccccn3n2)cc1)N1CCN(C(=O)C2(O)CC2)CC1. The van der Waals surface area contributed by atoms with Crippen LogP contribution in [0.4, 0.5) is 0 Å². The van der Waals surface area contributed by atoms with E-state index in [0.717, 1.165) is 16.8 Å². The summed E-state index contributed by atoms with van der Waals surface area (Å²) in [5, 5.41) is 14.6. The Kier molecular flexibility index (Phi) is 4.13. The number of carbonyl (C=O) groups excluding carboxylic acids is 2. The summed E-state index contributed by atoms with van der Waals surface area (Å²) in [5.41, 5.74) is 2.32. The Morgan fingerprint density at radius 3 is 2.28 bits per heavy atom. The van der Waals surface area contributed by atoms with Gasteiger partial charge in [-0.25, -0.2) is 4.52 Å². The summed E-state index contributed by atoms with van der Waals surface area (Å²) < 4.78 is 1.83. The van der Waals surface area contributed by atoms with Crippen LogP contribution in [0, 0.1) is 0 Å². The standard InChI is InChI=1S/C22H22N4O3/c27-20(24-11-13-25(14-12-24)21(28)22(29)8-9-22)17-6-4-16(5-7-17)19-15-18-3-1-2-10-26(18)23-19/h1-7,10,15,29H,8-9,11-14H2. The van der Waals surface area contributed by atoms with Crippen LogP contribution in [0.3, 0.4) is 0 Å². The molecule has 1 saturated carbocycles. The van der Waals surface area contributed by atoms with E-state index in [1.165, 1.54) is 0 Å². The van der Waals surface area contributed by atoms with Crippen molar-refractivity contribution in [3.05, 3.63) is 60.3 Å². The van der Waals surface area contributed by atoms with E-state index in [0.29, 0.717) is 44.6 Å². The first-order valence-corrected chi connectivity index (χ1v) is 9.89. The summed E-state index contributed by atoms with van der Waals surface area (Å²) in [5.74, 6) is -0.231. The molecule has 7 nitrogen and oxygen atoms in total. The Morgan fingerprint density at radius 1 is 0.931 bits per heavy atom. The van der Waals surface area contributed by atoms with Gasteiger partial charge in [0.2, 0.25) is 0 Å². The zero-order chi connectivity index (χ0) is 20.0. The third-order valence-electron chi connectivity index (χ3n) is 5.77. The second-order valence-corrected chi connectivity index (χ2v) is 7.79. The normalized spacial score (nSPS) is 18.1. The molecule has 0 unspecified atom stereocenters. The number of carbonyl (C=O) groups is 2. The van der Waals surface area contributed by atoms with E-state index in [2.05, 4.69) is 5.10 Å². The molecule has 2 aromatic heterocycles. The van der Waals surface area contributed by atoms with Crippen LogP contribution in [0.25, 0.3) is 16.8 Å². The molecular weight excluding hydrogens is 368 g/mol. The molecule has 5 rings (SSSR count). The molecule has 7 heteroatoms. The van der Waals surface area contributed by atoms with Crippen molar-refractivity contribution in [2.45, 2.75) is 18.4 Å². The molecule has 2 fully saturated rings. The Bertz CT molecular complexity index is 1040. The summed E-state index contributed by atoms with van der Waals surface area (Å²) in [6, 6.07) is 15.4. The van der Waals surface area contributed by atoms with Gasteiger partial charge in [-0.1, -0.05) is 18.2 Å². The van der Waals surface area contributed by atoms with Gasteiger partial charge >= 0.3 is 0 Å². The van der Waals surface area contributed by atoms with Gasteiger partial charge < -0.3 is 14.9 Å². The van der Waals surface area contributed by atoms with Crippen LogP contribution in [0.5, 0.6) is 0 Å². The molecule has 2 aliphatic rings. The lowest BCUT2D eigenvalue weighted by Crippen LogP contribution is -2.53. The lowest BCUT2D eigenvalue weighted by Gasteiger charge is -2.35. The number of amides is 2. The zero-order valence-electron chi connectivity index (χ0n) is 16.0. The number of piperazine rings is 1. The van der Waals surface area contributed by atoms with Gasteiger partial charge in [-0.15, -0.1) is 0 Å². The molecule has 29 heavy (non-hydrogen) atoms. The molecular formula is C22H22N4O3. The number of aliphatic hydroxyl groups is 1.